The number of benzene rings is 1. The van der Waals surface area contributed by atoms with Gasteiger partial charge in [0.1, 0.15) is 16.9 Å². The maximum absolute atomic E-state index is 11.0. The molecule has 2 heterocycles. The first-order valence-electron chi connectivity index (χ1n) is 6.76. The van der Waals surface area contributed by atoms with Crippen molar-refractivity contribution in [1.82, 2.24) is 5.32 Å². The van der Waals surface area contributed by atoms with Gasteiger partial charge in [-0.15, -0.1) is 0 Å². The van der Waals surface area contributed by atoms with Crippen molar-refractivity contribution in [2.24, 2.45) is 5.92 Å². The van der Waals surface area contributed by atoms with Crippen LogP contribution in [0.15, 0.2) is 28.7 Å². The van der Waals surface area contributed by atoms with Gasteiger partial charge in [0.2, 0.25) is 0 Å². The predicted octanol–water partition coefficient (Wildman–Crippen LogP) is 3.29. The van der Waals surface area contributed by atoms with Crippen molar-refractivity contribution >= 4 is 22.6 Å². The van der Waals surface area contributed by atoms with E-state index >= 15 is 0 Å². The lowest BCUT2D eigenvalue weighted by Crippen LogP contribution is -2.47. The Morgan fingerprint density at radius 3 is 3.11 bits per heavy atom. The van der Waals surface area contributed by atoms with Gasteiger partial charge < -0.3 is 14.8 Å². The van der Waals surface area contributed by atoms with Crippen molar-refractivity contribution in [1.29, 1.82) is 0 Å². The summed E-state index contributed by atoms with van der Waals surface area (Å²) in [6, 6.07) is 7.46. The Balaban J connectivity index is 2.06. The number of rotatable bonds is 2. The molecule has 2 aromatic rings. The third kappa shape index (κ3) is 2.16. The van der Waals surface area contributed by atoms with Crippen LogP contribution in [0.4, 0.5) is 0 Å². The van der Waals surface area contributed by atoms with E-state index in [9.17, 15) is 5.11 Å². The molecule has 1 fully saturated rings. The van der Waals surface area contributed by atoms with Crippen molar-refractivity contribution in [3.8, 4) is 0 Å². The summed E-state index contributed by atoms with van der Waals surface area (Å²) >= 11 is 5.99. The van der Waals surface area contributed by atoms with Gasteiger partial charge >= 0.3 is 0 Å². The van der Waals surface area contributed by atoms with Crippen molar-refractivity contribution in [2.45, 2.75) is 25.4 Å². The lowest BCUT2D eigenvalue weighted by Gasteiger charge is -2.38. The zero-order valence-electron chi connectivity index (χ0n) is 10.9. The van der Waals surface area contributed by atoms with E-state index in [1.54, 1.807) is 6.07 Å². The Bertz CT molecular complexity index is 595. The zero-order chi connectivity index (χ0) is 13.5. The van der Waals surface area contributed by atoms with E-state index in [4.69, 9.17) is 16.0 Å². The molecule has 4 heteroatoms. The Hall–Kier alpha value is -1.03. The fourth-order valence-corrected chi connectivity index (χ4v) is 3.14. The monoisotopic (exact) mass is 279 g/mol. The Morgan fingerprint density at radius 1 is 1.47 bits per heavy atom. The minimum Gasteiger partial charge on any atom is -0.458 e. The van der Waals surface area contributed by atoms with Crippen LogP contribution in [-0.4, -0.2) is 18.2 Å². The number of hydrogen-bond donors (Lipinski definition) is 2. The molecule has 19 heavy (non-hydrogen) atoms. The lowest BCUT2D eigenvalue weighted by atomic mass is 9.78. The number of hydrogen-bond acceptors (Lipinski definition) is 3. The lowest BCUT2D eigenvalue weighted by molar-refractivity contribution is -0.0634. The summed E-state index contributed by atoms with van der Waals surface area (Å²) in [5.74, 6) is 0.843. The van der Waals surface area contributed by atoms with E-state index in [2.05, 4.69) is 12.2 Å². The third-order valence-corrected chi connectivity index (χ3v) is 4.38. The van der Waals surface area contributed by atoms with E-state index in [0.717, 1.165) is 30.5 Å². The van der Waals surface area contributed by atoms with Gasteiger partial charge in [0.05, 0.1) is 0 Å². The summed E-state index contributed by atoms with van der Waals surface area (Å²) in [6.45, 7) is 3.73. The van der Waals surface area contributed by atoms with Crippen LogP contribution in [0.1, 0.15) is 25.5 Å². The second-order valence-corrected chi connectivity index (χ2v) is 5.71. The van der Waals surface area contributed by atoms with Crippen LogP contribution in [0.2, 0.25) is 5.02 Å². The molecule has 0 aliphatic carbocycles. The van der Waals surface area contributed by atoms with Crippen LogP contribution in [0.25, 0.3) is 11.0 Å². The van der Waals surface area contributed by atoms with Crippen molar-refractivity contribution in [3.63, 3.8) is 0 Å². The Morgan fingerprint density at radius 2 is 2.32 bits per heavy atom. The molecule has 0 saturated carbocycles. The quantitative estimate of drug-likeness (QED) is 0.887. The average molecular weight is 280 g/mol. The molecule has 1 aliphatic rings. The number of halogens is 1. The van der Waals surface area contributed by atoms with Crippen LogP contribution < -0.4 is 5.32 Å². The highest BCUT2D eigenvalue weighted by Gasteiger charge is 2.42. The maximum Gasteiger partial charge on any atom is 0.137 e. The van der Waals surface area contributed by atoms with Crippen molar-refractivity contribution in [2.75, 3.05) is 13.1 Å². The molecule has 0 bridgehead atoms. The fourth-order valence-electron chi connectivity index (χ4n) is 2.96. The molecule has 0 spiro atoms. The minimum atomic E-state index is -0.870. The van der Waals surface area contributed by atoms with Gasteiger partial charge in [0, 0.05) is 22.9 Å². The molecule has 1 aromatic heterocycles. The van der Waals surface area contributed by atoms with E-state index in [1.807, 2.05) is 18.2 Å². The first-order chi connectivity index (χ1) is 9.13. The smallest absolute Gasteiger partial charge is 0.137 e. The Labute approximate surface area is 117 Å². The van der Waals surface area contributed by atoms with Crippen LogP contribution in [0.3, 0.4) is 0 Å². The Kier molecular flexibility index (Phi) is 3.29. The van der Waals surface area contributed by atoms with Gasteiger partial charge in [-0.2, -0.15) is 0 Å². The van der Waals surface area contributed by atoms with Crippen LogP contribution in [0.5, 0.6) is 0 Å². The number of piperidine rings is 1. The van der Waals surface area contributed by atoms with E-state index in [-0.39, 0.29) is 5.92 Å². The molecule has 3 nitrogen and oxygen atoms in total. The predicted molar refractivity (Wildman–Crippen MR) is 76.4 cm³/mol. The van der Waals surface area contributed by atoms with Crippen molar-refractivity contribution in [3.05, 3.63) is 35.0 Å². The van der Waals surface area contributed by atoms with Gasteiger partial charge in [0.15, 0.2) is 0 Å². The summed E-state index contributed by atoms with van der Waals surface area (Å²) in [6.07, 6.45) is 1.60. The molecular weight excluding hydrogens is 262 g/mol. The second kappa shape index (κ2) is 4.82. The summed E-state index contributed by atoms with van der Waals surface area (Å²) in [7, 11) is 0. The fraction of sp³-hybridized carbons (Fsp3) is 0.467. The summed E-state index contributed by atoms with van der Waals surface area (Å²) < 4.78 is 5.86. The minimum absolute atomic E-state index is 0.178. The number of nitrogens with one attached hydrogen (secondary N) is 1. The normalized spacial score (nSPS) is 27.8. The molecule has 2 atom stereocenters. The summed E-state index contributed by atoms with van der Waals surface area (Å²) in [5.41, 5.74) is -0.0906. The molecular formula is C15H18ClNO2. The third-order valence-electron chi connectivity index (χ3n) is 4.15. The molecule has 0 radical (unpaired) electrons. The van der Waals surface area contributed by atoms with Crippen LogP contribution in [-0.2, 0) is 5.60 Å². The molecule has 3 rings (SSSR count). The van der Waals surface area contributed by atoms with Gasteiger partial charge in [-0.25, -0.2) is 0 Å². The molecule has 1 aromatic carbocycles. The maximum atomic E-state index is 11.0. The molecule has 1 aliphatic heterocycles. The van der Waals surface area contributed by atoms with Crippen LogP contribution in [0, 0.1) is 5.92 Å². The second-order valence-electron chi connectivity index (χ2n) is 5.28. The highest BCUT2D eigenvalue weighted by molar-refractivity contribution is 6.31. The first-order valence-corrected chi connectivity index (χ1v) is 7.14. The highest BCUT2D eigenvalue weighted by Crippen LogP contribution is 2.39. The topological polar surface area (TPSA) is 45.4 Å². The van der Waals surface area contributed by atoms with Gasteiger partial charge in [-0.05, 0) is 43.7 Å². The zero-order valence-corrected chi connectivity index (χ0v) is 11.7. The number of aliphatic hydroxyl groups is 1. The van der Waals surface area contributed by atoms with Gasteiger partial charge in [-0.3, -0.25) is 0 Å². The van der Waals surface area contributed by atoms with Gasteiger partial charge in [0.25, 0.3) is 0 Å². The standard InChI is InChI=1S/C15H18ClNO2/c1-2-11-9-17-6-5-15(11,18)14-8-10-7-12(16)3-4-13(10)19-14/h3-4,7-8,11,17-18H,2,5-6,9H2,1H3. The molecule has 102 valence electrons. The van der Waals surface area contributed by atoms with Crippen molar-refractivity contribution < 1.29 is 9.52 Å². The van der Waals surface area contributed by atoms with Crippen LogP contribution >= 0.6 is 11.6 Å². The highest BCUT2D eigenvalue weighted by atomic mass is 35.5. The summed E-state index contributed by atoms with van der Waals surface area (Å²) in [4.78, 5) is 0. The molecule has 2 unspecified atom stereocenters. The number of furan rings is 1. The SMILES string of the molecule is CCC1CNCCC1(O)c1cc2cc(Cl)ccc2o1. The molecule has 2 N–H and O–H groups in total. The van der Waals surface area contributed by atoms with E-state index in [1.165, 1.54) is 0 Å². The molecule has 1 saturated heterocycles. The first kappa shape index (κ1) is 13.0. The largest absolute Gasteiger partial charge is 0.458 e. The summed E-state index contributed by atoms with van der Waals surface area (Å²) in [5, 5.41) is 16.0. The van der Waals surface area contributed by atoms with Gasteiger partial charge in [-0.1, -0.05) is 18.5 Å². The van der Waals surface area contributed by atoms with E-state index < -0.39 is 5.60 Å². The van der Waals surface area contributed by atoms with E-state index in [0.29, 0.717) is 17.2 Å². The molecule has 0 amide bonds. The average Bonchev–Trinajstić information content (AvgIpc) is 2.83. The number of fused-ring (bicyclic) bond motifs is 1.